The van der Waals surface area contributed by atoms with Crippen molar-refractivity contribution < 1.29 is 19.1 Å². The lowest BCUT2D eigenvalue weighted by Crippen LogP contribution is -2.50. The first kappa shape index (κ1) is 29.1. The smallest absolute Gasteiger partial charge is 0.242 e. The molecule has 1 aliphatic rings. The molecule has 3 rings (SSSR count). The predicted molar refractivity (Wildman–Crippen MR) is 149 cm³/mol. The van der Waals surface area contributed by atoms with Gasteiger partial charge in [0.15, 0.2) is 11.5 Å². The van der Waals surface area contributed by atoms with E-state index in [2.05, 4.69) is 5.32 Å². The maximum Gasteiger partial charge on any atom is 0.242 e. The number of nitrogens with zero attached hydrogens (tertiary/aromatic N) is 1. The Balaban J connectivity index is 1.75. The Kier molecular flexibility index (Phi) is 11.4. The van der Waals surface area contributed by atoms with E-state index in [9.17, 15) is 9.59 Å². The second-order valence-corrected chi connectivity index (χ2v) is 10.3. The van der Waals surface area contributed by atoms with Crippen LogP contribution >= 0.6 is 23.2 Å². The van der Waals surface area contributed by atoms with Gasteiger partial charge in [0.1, 0.15) is 6.04 Å². The van der Waals surface area contributed by atoms with Crippen molar-refractivity contribution >= 4 is 35.0 Å². The van der Waals surface area contributed by atoms with E-state index in [1.807, 2.05) is 32.0 Å². The fraction of sp³-hybridized carbons (Fsp3) is 0.517. The minimum atomic E-state index is -0.638. The first-order chi connectivity index (χ1) is 17.8. The van der Waals surface area contributed by atoms with Crippen LogP contribution in [0.4, 0.5) is 0 Å². The standard InChI is InChI=1S/C29H38Cl2N2O4/c1-4-36-26-15-11-21(17-27(26)37-5-2)12-16-28(34)33(19-22-13-14-23(30)18-25(22)31)20(3)29(35)32-24-9-7-6-8-10-24/h11,13-15,17-18,20,24H,4-10,12,16,19H2,1-3H3,(H,32,35)/t20-/m1/s1. The molecule has 0 heterocycles. The summed E-state index contributed by atoms with van der Waals surface area (Å²) in [5.74, 6) is 1.10. The van der Waals surface area contributed by atoms with Gasteiger partial charge in [-0.3, -0.25) is 9.59 Å². The van der Waals surface area contributed by atoms with Crippen LogP contribution < -0.4 is 14.8 Å². The summed E-state index contributed by atoms with van der Waals surface area (Å²) in [5, 5.41) is 4.15. The third-order valence-electron chi connectivity index (χ3n) is 6.71. The molecule has 0 bridgehead atoms. The molecule has 6 nitrogen and oxygen atoms in total. The first-order valence-corrected chi connectivity index (χ1v) is 14.0. The van der Waals surface area contributed by atoms with Crippen LogP contribution in [0.2, 0.25) is 10.0 Å². The van der Waals surface area contributed by atoms with Crippen molar-refractivity contribution in [2.75, 3.05) is 13.2 Å². The molecule has 0 unspecified atom stereocenters. The number of aryl methyl sites for hydroxylation is 1. The largest absolute Gasteiger partial charge is 0.490 e. The Morgan fingerprint density at radius 2 is 1.70 bits per heavy atom. The summed E-state index contributed by atoms with van der Waals surface area (Å²) in [6, 6.07) is 10.5. The molecule has 1 saturated carbocycles. The summed E-state index contributed by atoms with van der Waals surface area (Å²) in [6.45, 7) is 6.92. The number of carbonyl (C=O) groups is 2. The highest BCUT2D eigenvalue weighted by molar-refractivity contribution is 6.35. The SMILES string of the molecule is CCOc1ccc(CCC(=O)N(Cc2ccc(Cl)cc2Cl)[C@H](C)C(=O)NC2CCCCC2)cc1OCC. The summed E-state index contributed by atoms with van der Waals surface area (Å²) < 4.78 is 11.4. The minimum Gasteiger partial charge on any atom is -0.490 e. The van der Waals surface area contributed by atoms with E-state index in [4.69, 9.17) is 32.7 Å². The van der Waals surface area contributed by atoms with Crippen LogP contribution in [0.5, 0.6) is 11.5 Å². The lowest BCUT2D eigenvalue weighted by atomic mass is 9.95. The molecule has 0 saturated heterocycles. The Morgan fingerprint density at radius 1 is 1.00 bits per heavy atom. The van der Waals surface area contributed by atoms with Crippen LogP contribution in [0.1, 0.15) is 70.4 Å². The molecule has 0 spiro atoms. The van der Waals surface area contributed by atoms with Gasteiger partial charge in [0.05, 0.1) is 13.2 Å². The highest BCUT2D eigenvalue weighted by atomic mass is 35.5. The Hall–Kier alpha value is -2.44. The molecule has 0 radical (unpaired) electrons. The van der Waals surface area contributed by atoms with E-state index in [1.54, 1.807) is 30.0 Å². The number of carbonyl (C=O) groups excluding carboxylic acids is 2. The topological polar surface area (TPSA) is 67.9 Å². The molecule has 0 aliphatic heterocycles. The van der Waals surface area contributed by atoms with Crippen LogP contribution in [-0.2, 0) is 22.6 Å². The Bertz CT molecular complexity index is 1060. The van der Waals surface area contributed by atoms with Gasteiger partial charge in [0, 0.05) is 29.1 Å². The molecule has 202 valence electrons. The molecule has 0 aromatic heterocycles. The number of nitrogens with one attached hydrogen (secondary N) is 1. The highest BCUT2D eigenvalue weighted by Gasteiger charge is 2.28. The van der Waals surface area contributed by atoms with Crippen molar-refractivity contribution in [1.82, 2.24) is 10.2 Å². The summed E-state index contributed by atoms with van der Waals surface area (Å²) in [4.78, 5) is 28.3. The van der Waals surface area contributed by atoms with Gasteiger partial charge >= 0.3 is 0 Å². The molecule has 1 atom stereocenters. The van der Waals surface area contributed by atoms with Crippen LogP contribution in [0.3, 0.4) is 0 Å². The molecule has 8 heteroatoms. The zero-order valence-electron chi connectivity index (χ0n) is 22.0. The number of hydrogen-bond acceptors (Lipinski definition) is 4. The van der Waals surface area contributed by atoms with Crippen molar-refractivity contribution in [2.24, 2.45) is 0 Å². The number of hydrogen-bond donors (Lipinski definition) is 1. The molecule has 1 aliphatic carbocycles. The van der Waals surface area contributed by atoms with Crippen LogP contribution in [0.25, 0.3) is 0 Å². The van der Waals surface area contributed by atoms with Gasteiger partial charge in [0.2, 0.25) is 11.8 Å². The van der Waals surface area contributed by atoms with Crippen LogP contribution in [0.15, 0.2) is 36.4 Å². The van der Waals surface area contributed by atoms with E-state index in [1.165, 1.54) is 6.42 Å². The van der Waals surface area contributed by atoms with Crippen molar-refractivity contribution in [3.63, 3.8) is 0 Å². The van der Waals surface area contributed by atoms with Crippen molar-refractivity contribution in [3.8, 4) is 11.5 Å². The average Bonchev–Trinajstić information content (AvgIpc) is 2.88. The maximum atomic E-state index is 13.5. The molecular weight excluding hydrogens is 511 g/mol. The van der Waals surface area contributed by atoms with Gasteiger partial charge in [-0.1, -0.05) is 54.6 Å². The van der Waals surface area contributed by atoms with Crippen molar-refractivity contribution in [1.29, 1.82) is 0 Å². The minimum absolute atomic E-state index is 0.121. The van der Waals surface area contributed by atoms with Gasteiger partial charge in [-0.05, 0) is 75.4 Å². The molecule has 1 N–H and O–H groups in total. The predicted octanol–water partition coefficient (Wildman–Crippen LogP) is 6.59. The van der Waals surface area contributed by atoms with Gasteiger partial charge in [-0.2, -0.15) is 0 Å². The van der Waals surface area contributed by atoms with Gasteiger partial charge in [0.25, 0.3) is 0 Å². The number of benzene rings is 2. The Labute approximate surface area is 230 Å². The molecule has 2 aromatic carbocycles. The average molecular weight is 550 g/mol. The number of ether oxygens (including phenoxy) is 2. The van der Waals surface area contributed by atoms with Gasteiger partial charge < -0.3 is 19.7 Å². The third-order valence-corrected chi connectivity index (χ3v) is 7.30. The van der Waals surface area contributed by atoms with Crippen LogP contribution in [0, 0.1) is 0 Å². The highest BCUT2D eigenvalue weighted by Crippen LogP contribution is 2.29. The molecule has 2 amide bonds. The van der Waals surface area contributed by atoms with Gasteiger partial charge in [-0.25, -0.2) is 0 Å². The quantitative estimate of drug-likeness (QED) is 0.324. The zero-order valence-corrected chi connectivity index (χ0v) is 23.5. The molecule has 37 heavy (non-hydrogen) atoms. The number of halogens is 2. The maximum absolute atomic E-state index is 13.5. The number of rotatable bonds is 12. The Morgan fingerprint density at radius 3 is 2.38 bits per heavy atom. The lowest BCUT2D eigenvalue weighted by Gasteiger charge is -2.31. The summed E-state index contributed by atoms with van der Waals surface area (Å²) in [7, 11) is 0. The van der Waals surface area contributed by atoms with E-state index >= 15 is 0 Å². The fourth-order valence-corrected chi connectivity index (χ4v) is 5.10. The molecule has 2 aromatic rings. The molecule has 1 fully saturated rings. The second-order valence-electron chi connectivity index (χ2n) is 9.42. The first-order valence-electron chi connectivity index (χ1n) is 13.2. The summed E-state index contributed by atoms with van der Waals surface area (Å²) in [5.41, 5.74) is 1.71. The summed E-state index contributed by atoms with van der Waals surface area (Å²) in [6.07, 6.45) is 6.16. The zero-order chi connectivity index (χ0) is 26.8. The van der Waals surface area contributed by atoms with E-state index < -0.39 is 6.04 Å². The van der Waals surface area contributed by atoms with Crippen molar-refractivity contribution in [3.05, 3.63) is 57.6 Å². The normalized spacial score (nSPS) is 14.6. The second kappa shape index (κ2) is 14.5. The summed E-state index contributed by atoms with van der Waals surface area (Å²) >= 11 is 12.5. The van der Waals surface area contributed by atoms with Crippen LogP contribution in [-0.4, -0.2) is 42.0 Å². The monoisotopic (exact) mass is 548 g/mol. The van der Waals surface area contributed by atoms with E-state index in [0.29, 0.717) is 41.2 Å². The molecular formula is C29H38Cl2N2O4. The lowest BCUT2D eigenvalue weighted by molar-refractivity contribution is -0.141. The third kappa shape index (κ3) is 8.54. The van der Waals surface area contributed by atoms with Gasteiger partial charge in [-0.15, -0.1) is 0 Å². The van der Waals surface area contributed by atoms with E-state index in [0.717, 1.165) is 36.8 Å². The van der Waals surface area contributed by atoms with E-state index in [-0.39, 0.29) is 30.8 Å². The number of amides is 2. The fourth-order valence-electron chi connectivity index (χ4n) is 4.63. The van der Waals surface area contributed by atoms with Crippen molar-refractivity contribution in [2.45, 2.75) is 84.3 Å².